The van der Waals surface area contributed by atoms with Crippen LogP contribution in [0.25, 0.3) is 0 Å². The summed E-state index contributed by atoms with van der Waals surface area (Å²) < 4.78 is 5.40. The first kappa shape index (κ1) is 15.0. The summed E-state index contributed by atoms with van der Waals surface area (Å²) in [6.07, 6.45) is 2.52. The number of ether oxygens (including phenoxy) is 1. The standard InChI is InChI=1S/C16H24N2O2/c1-18(2)14(11-13-7-4-3-5-8-13)12-17-16(19)15-9-6-10-20-15/h3-5,7-8,14-15H,6,9-12H2,1-2H3,(H,17,19)/t14-,15+/m0/s1. The molecule has 1 aliphatic heterocycles. The van der Waals surface area contributed by atoms with Gasteiger partial charge in [-0.15, -0.1) is 0 Å². The summed E-state index contributed by atoms with van der Waals surface area (Å²) in [5.74, 6) is 0.0300. The zero-order valence-corrected chi connectivity index (χ0v) is 12.3. The molecule has 4 heteroatoms. The van der Waals surface area contributed by atoms with Crippen molar-refractivity contribution >= 4 is 5.91 Å². The number of nitrogens with zero attached hydrogens (tertiary/aromatic N) is 1. The molecule has 1 aromatic rings. The van der Waals surface area contributed by atoms with Crippen molar-refractivity contribution in [3.63, 3.8) is 0 Å². The van der Waals surface area contributed by atoms with E-state index in [4.69, 9.17) is 4.74 Å². The Balaban J connectivity index is 1.84. The quantitative estimate of drug-likeness (QED) is 0.855. The van der Waals surface area contributed by atoms with Crippen LogP contribution in [-0.4, -0.2) is 50.2 Å². The Morgan fingerprint density at radius 2 is 2.15 bits per heavy atom. The van der Waals surface area contributed by atoms with Crippen molar-refractivity contribution in [2.24, 2.45) is 0 Å². The van der Waals surface area contributed by atoms with Gasteiger partial charge < -0.3 is 15.0 Å². The van der Waals surface area contributed by atoms with E-state index < -0.39 is 0 Å². The highest BCUT2D eigenvalue weighted by Crippen LogP contribution is 2.12. The van der Waals surface area contributed by atoms with Crippen LogP contribution >= 0.6 is 0 Å². The van der Waals surface area contributed by atoms with E-state index in [2.05, 4.69) is 22.3 Å². The SMILES string of the molecule is CN(C)[C@H](CNC(=O)[C@H]1CCCO1)Cc1ccccc1. The maximum Gasteiger partial charge on any atom is 0.249 e. The molecule has 0 radical (unpaired) electrons. The molecule has 0 aliphatic carbocycles. The van der Waals surface area contributed by atoms with Gasteiger partial charge in [0.2, 0.25) is 5.91 Å². The van der Waals surface area contributed by atoms with Crippen LogP contribution in [-0.2, 0) is 16.0 Å². The van der Waals surface area contributed by atoms with Crippen LogP contribution in [0.2, 0.25) is 0 Å². The average molecular weight is 276 g/mol. The maximum absolute atomic E-state index is 12.0. The molecular formula is C16H24N2O2. The number of carbonyl (C=O) groups excluding carboxylic acids is 1. The molecule has 0 saturated carbocycles. The summed E-state index contributed by atoms with van der Waals surface area (Å²) >= 11 is 0. The molecule has 1 aromatic carbocycles. The minimum atomic E-state index is -0.241. The number of likely N-dealkylation sites (N-methyl/N-ethyl adjacent to an activating group) is 1. The Morgan fingerprint density at radius 1 is 1.40 bits per heavy atom. The van der Waals surface area contributed by atoms with Crippen LogP contribution in [0.1, 0.15) is 18.4 Å². The Bertz CT molecular complexity index is 414. The molecule has 110 valence electrons. The predicted molar refractivity (Wildman–Crippen MR) is 79.6 cm³/mol. The summed E-state index contributed by atoms with van der Waals surface area (Å²) in [6, 6.07) is 10.7. The molecule has 1 aliphatic rings. The molecule has 20 heavy (non-hydrogen) atoms. The molecular weight excluding hydrogens is 252 g/mol. The summed E-state index contributed by atoms with van der Waals surface area (Å²) in [4.78, 5) is 14.1. The molecule has 0 unspecified atom stereocenters. The van der Waals surface area contributed by atoms with E-state index in [1.54, 1.807) is 0 Å². The topological polar surface area (TPSA) is 41.6 Å². The normalized spacial score (nSPS) is 20.1. The van der Waals surface area contributed by atoms with Crippen molar-refractivity contribution in [1.82, 2.24) is 10.2 Å². The lowest BCUT2D eigenvalue weighted by molar-refractivity contribution is -0.130. The van der Waals surface area contributed by atoms with Crippen molar-refractivity contribution in [3.05, 3.63) is 35.9 Å². The highest BCUT2D eigenvalue weighted by molar-refractivity contribution is 5.80. The van der Waals surface area contributed by atoms with E-state index in [0.717, 1.165) is 19.3 Å². The smallest absolute Gasteiger partial charge is 0.249 e. The average Bonchev–Trinajstić information content (AvgIpc) is 2.98. The second kappa shape index (κ2) is 7.41. The summed E-state index contributed by atoms with van der Waals surface area (Å²) in [7, 11) is 4.09. The summed E-state index contributed by atoms with van der Waals surface area (Å²) in [5, 5.41) is 3.02. The van der Waals surface area contributed by atoms with Gasteiger partial charge in [-0.1, -0.05) is 30.3 Å². The predicted octanol–water partition coefficient (Wildman–Crippen LogP) is 1.45. The van der Waals surface area contributed by atoms with E-state index in [9.17, 15) is 4.79 Å². The maximum atomic E-state index is 12.0. The Kier molecular flexibility index (Phi) is 5.56. The second-order valence-electron chi connectivity index (χ2n) is 5.55. The zero-order chi connectivity index (χ0) is 14.4. The van der Waals surface area contributed by atoms with Gasteiger partial charge in [0.15, 0.2) is 0 Å². The molecule has 2 atom stereocenters. The minimum absolute atomic E-state index is 0.0300. The molecule has 1 fully saturated rings. The molecule has 4 nitrogen and oxygen atoms in total. The second-order valence-corrected chi connectivity index (χ2v) is 5.55. The van der Waals surface area contributed by atoms with Gasteiger partial charge in [0.05, 0.1) is 0 Å². The Labute approximate surface area is 121 Å². The first-order valence-corrected chi connectivity index (χ1v) is 7.26. The number of nitrogens with one attached hydrogen (secondary N) is 1. The zero-order valence-electron chi connectivity index (χ0n) is 12.3. The van der Waals surface area contributed by atoms with Gasteiger partial charge in [0, 0.05) is 19.2 Å². The van der Waals surface area contributed by atoms with E-state index in [-0.39, 0.29) is 12.0 Å². The molecule has 1 amide bonds. The van der Waals surface area contributed by atoms with Crippen LogP contribution in [0.3, 0.4) is 0 Å². The first-order valence-electron chi connectivity index (χ1n) is 7.26. The van der Waals surface area contributed by atoms with Crippen molar-refractivity contribution in [2.75, 3.05) is 27.2 Å². The number of amides is 1. The molecule has 0 bridgehead atoms. The number of hydrogen-bond donors (Lipinski definition) is 1. The summed E-state index contributed by atoms with van der Waals surface area (Å²) in [6.45, 7) is 1.36. The third kappa shape index (κ3) is 4.32. The number of carbonyl (C=O) groups is 1. The highest BCUT2D eigenvalue weighted by atomic mass is 16.5. The van der Waals surface area contributed by atoms with Gasteiger partial charge >= 0.3 is 0 Å². The van der Waals surface area contributed by atoms with Crippen molar-refractivity contribution in [3.8, 4) is 0 Å². The van der Waals surface area contributed by atoms with Crippen LogP contribution < -0.4 is 5.32 Å². The van der Waals surface area contributed by atoms with Gasteiger partial charge in [0.25, 0.3) is 0 Å². The van der Waals surface area contributed by atoms with Crippen LogP contribution in [0, 0.1) is 0 Å². The number of hydrogen-bond acceptors (Lipinski definition) is 3. The minimum Gasteiger partial charge on any atom is -0.368 e. The fourth-order valence-electron chi connectivity index (χ4n) is 2.44. The molecule has 0 spiro atoms. The Morgan fingerprint density at radius 3 is 2.75 bits per heavy atom. The molecule has 2 rings (SSSR count). The molecule has 1 heterocycles. The van der Waals surface area contributed by atoms with Gasteiger partial charge in [-0.3, -0.25) is 4.79 Å². The monoisotopic (exact) mass is 276 g/mol. The third-order valence-corrected chi connectivity index (χ3v) is 3.78. The highest BCUT2D eigenvalue weighted by Gasteiger charge is 2.24. The van der Waals surface area contributed by atoms with Crippen LogP contribution in [0.5, 0.6) is 0 Å². The van der Waals surface area contributed by atoms with Gasteiger partial charge in [-0.25, -0.2) is 0 Å². The van der Waals surface area contributed by atoms with Gasteiger partial charge in [-0.2, -0.15) is 0 Å². The lowest BCUT2D eigenvalue weighted by Crippen LogP contribution is -2.44. The van der Waals surface area contributed by atoms with E-state index in [1.807, 2.05) is 32.3 Å². The van der Waals surface area contributed by atoms with Crippen LogP contribution in [0.15, 0.2) is 30.3 Å². The van der Waals surface area contributed by atoms with E-state index in [0.29, 0.717) is 19.2 Å². The summed E-state index contributed by atoms with van der Waals surface area (Å²) in [5.41, 5.74) is 1.29. The molecule has 0 aromatic heterocycles. The Hall–Kier alpha value is -1.39. The van der Waals surface area contributed by atoms with Crippen molar-refractivity contribution < 1.29 is 9.53 Å². The van der Waals surface area contributed by atoms with Gasteiger partial charge in [0.1, 0.15) is 6.10 Å². The van der Waals surface area contributed by atoms with E-state index in [1.165, 1.54) is 5.56 Å². The molecule has 1 saturated heterocycles. The number of benzene rings is 1. The lowest BCUT2D eigenvalue weighted by atomic mass is 10.1. The largest absolute Gasteiger partial charge is 0.368 e. The van der Waals surface area contributed by atoms with Crippen LogP contribution in [0.4, 0.5) is 0 Å². The van der Waals surface area contributed by atoms with Crippen molar-refractivity contribution in [2.45, 2.75) is 31.4 Å². The lowest BCUT2D eigenvalue weighted by Gasteiger charge is -2.25. The third-order valence-electron chi connectivity index (χ3n) is 3.78. The first-order chi connectivity index (χ1) is 9.66. The fraction of sp³-hybridized carbons (Fsp3) is 0.562. The molecule has 1 N–H and O–H groups in total. The fourth-order valence-corrected chi connectivity index (χ4v) is 2.44. The number of rotatable bonds is 6. The van der Waals surface area contributed by atoms with Gasteiger partial charge in [-0.05, 0) is 38.9 Å². The van der Waals surface area contributed by atoms with Crippen molar-refractivity contribution in [1.29, 1.82) is 0 Å². The van der Waals surface area contributed by atoms with E-state index >= 15 is 0 Å².